The molecule has 0 radical (unpaired) electrons. The summed E-state index contributed by atoms with van der Waals surface area (Å²) >= 11 is 0. The summed E-state index contributed by atoms with van der Waals surface area (Å²) in [5.41, 5.74) is 22.3. The van der Waals surface area contributed by atoms with Crippen LogP contribution >= 0.6 is 0 Å². The molecule has 0 atom stereocenters. The SMILES string of the molecule is CC.CC.CC.CC#CCc1cc(C)c(Cc2c(C)ccc(C)c2C)c(C)c1C.CC1=C(C)C(Cc2c(C)ccc(C)c2C)=C(C)C1=O.CCC. The molecule has 0 saturated carbocycles. The Morgan fingerprint density at radius 1 is 0.490 bits per heavy atom. The number of benzene rings is 3. The Hall–Kier alpha value is -3.63. The zero-order chi connectivity index (χ0) is 40.2. The van der Waals surface area contributed by atoms with E-state index in [0.29, 0.717) is 0 Å². The highest BCUT2D eigenvalue weighted by Gasteiger charge is 2.24. The van der Waals surface area contributed by atoms with Crippen LogP contribution in [0.2, 0.25) is 0 Å². The predicted molar refractivity (Wildman–Crippen MR) is 232 cm³/mol. The summed E-state index contributed by atoms with van der Waals surface area (Å²) in [7, 11) is 0. The number of hydrogen-bond acceptors (Lipinski definition) is 1. The van der Waals surface area contributed by atoms with E-state index in [1.807, 2.05) is 62.3 Å². The van der Waals surface area contributed by atoms with Crippen molar-refractivity contribution >= 4 is 5.78 Å². The second-order valence-corrected chi connectivity index (χ2v) is 13.0. The van der Waals surface area contributed by atoms with E-state index in [2.05, 4.69) is 125 Å². The monoisotopic (exact) mass is 693 g/mol. The molecule has 51 heavy (non-hydrogen) atoms. The van der Waals surface area contributed by atoms with Crippen LogP contribution in [0.15, 0.2) is 52.6 Å². The summed E-state index contributed by atoms with van der Waals surface area (Å²) in [6.07, 6.45) is 4.00. The molecule has 0 saturated heterocycles. The van der Waals surface area contributed by atoms with Crippen LogP contribution in [0.1, 0.15) is 162 Å². The lowest BCUT2D eigenvalue weighted by atomic mass is 9.86. The summed E-state index contributed by atoms with van der Waals surface area (Å²) < 4.78 is 0. The van der Waals surface area contributed by atoms with Gasteiger partial charge in [0.25, 0.3) is 0 Å². The second-order valence-electron chi connectivity index (χ2n) is 13.0. The van der Waals surface area contributed by atoms with Crippen molar-refractivity contribution in [1.82, 2.24) is 0 Å². The summed E-state index contributed by atoms with van der Waals surface area (Å²) in [6.45, 7) is 44.0. The Labute approximate surface area is 317 Å². The van der Waals surface area contributed by atoms with Gasteiger partial charge in [0, 0.05) is 12.0 Å². The summed E-state index contributed by atoms with van der Waals surface area (Å²) in [5.74, 6) is 6.43. The standard InChI is InChI=1S/C23H28.C18H22O.C3H8.3C2H6/c1-8-9-10-21-13-17(4)23(20(7)19(21)6)14-22-16(3)12-11-15(2)18(22)5;1-10-7-8-11(2)16(12(10)3)9-17-13(4)14(5)18(19)15(17)6;1-3-2;3*1-2/h11-13H,10,14H2,1-7H3;7-8H,9H2,1-6H3;3H2,1-2H3;3*1-2H3. The van der Waals surface area contributed by atoms with Crippen molar-refractivity contribution < 1.29 is 4.79 Å². The molecule has 1 nitrogen and oxygen atoms in total. The minimum Gasteiger partial charge on any atom is -0.289 e. The molecule has 282 valence electrons. The summed E-state index contributed by atoms with van der Waals surface area (Å²) in [4.78, 5) is 12.0. The lowest BCUT2D eigenvalue weighted by Crippen LogP contribution is -2.05. The van der Waals surface area contributed by atoms with E-state index in [-0.39, 0.29) is 5.78 Å². The Morgan fingerprint density at radius 2 is 0.882 bits per heavy atom. The molecule has 1 aliphatic carbocycles. The first-order valence-electron chi connectivity index (χ1n) is 19.6. The summed E-state index contributed by atoms with van der Waals surface area (Å²) in [5, 5.41) is 0. The molecule has 1 aliphatic rings. The lowest BCUT2D eigenvalue weighted by Gasteiger charge is -2.19. The number of allylic oxidation sites excluding steroid dienone is 4. The van der Waals surface area contributed by atoms with Crippen LogP contribution in [0.5, 0.6) is 0 Å². The number of hydrogen-bond donors (Lipinski definition) is 0. The molecule has 0 heterocycles. The maximum Gasteiger partial charge on any atom is 0.184 e. The fraction of sp³-hybridized carbons (Fsp3) is 0.500. The van der Waals surface area contributed by atoms with Crippen LogP contribution in [0.3, 0.4) is 0 Å². The fourth-order valence-electron chi connectivity index (χ4n) is 6.14. The van der Waals surface area contributed by atoms with E-state index in [1.165, 1.54) is 89.9 Å². The van der Waals surface area contributed by atoms with Gasteiger partial charge in [-0.25, -0.2) is 0 Å². The quantitative estimate of drug-likeness (QED) is 0.243. The number of carbonyl (C=O) groups is 1. The van der Waals surface area contributed by atoms with Crippen LogP contribution in [-0.2, 0) is 24.1 Å². The predicted octanol–water partition coefficient (Wildman–Crippen LogP) is 14.6. The van der Waals surface area contributed by atoms with Crippen LogP contribution < -0.4 is 0 Å². The van der Waals surface area contributed by atoms with E-state index in [1.54, 1.807) is 0 Å². The van der Waals surface area contributed by atoms with Crippen molar-refractivity contribution in [3.63, 3.8) is 0 Å². The van der Waals surface area contributed by atoms with Crippen LogP contribution in [0.4, 0.5) is 0 Å². The van der Waals surface area contributed by atoms with Gasteiger partial charge in [-0.15, -0.1) is 5.92 Å². The molecule has 0 bridgehead atoms. The summed E-state index contributed by atoms with van der Waals surface area (Å²) in [6, 6.07) is 11.2. The zero-order valence-electron chi connectivity index (χ0n) is 37.1. The van der Waals surface area contributed by atoms with Gasteiger partial charge in [-0.1, -0.05) is 98.1 Å². The highest BCUT2D eigenvalue weighted by Crippen LogP contribution is 2.33. The van der Waals surface area contributed by atoms with Gasteiger partial charge in [0.1, 0.15) is 0 Å². The average molecular weight is 693 g/mol. The maximum absolute atomic E-state index is 12.0. The smallest absolute Gasteiger partial charge is 0.184 e. The first kappa shape index (κ1) is 49.5. The van der Waals surface area contributed by atoms with Crippen LogP contribution in [-0.4, -0.2) is 5.78 Å². The number of ketones is 1. The Bertz CT molecular complexity index is 1690. The van der Waals surface area contributed by atoms with Gasteiger partial charge >= 0.3 is 0 Å². The third-order valence-corrected chi connectivity index (χ3v) is 9.88. The van der Waals surface area contributed by atoms with Gasteiger partial charge < -0.3 is 0 Å². The molecule has 0 N–H and O–H groups in total. The second kappa shape index (κ2) is 25.3. The van der Waals surface area contributed by atoms with Crippen LogP contribution in [0.25, 0.3) is 0 Å². The number of Topliss-reactive ketones (excluding diaryl/α,β-unsaturated/α-hetero) is 1. The highest BCUT2D eigenvalue weighted by molar-refractivity contribution is 6.12. The van der Waals surface area contributed by atoms with Gasteiger partial charge in [-0.2, -0.15) is 0 Å². The van der Waals surface area contributed by atoms with Gasteiger partial charge in [-0.05, 0) is 192 Å². The molecule has 0 spiro atoms. The van der Waals surface area contributed by atoms with Gasteiger partial charge in [0.15, 0.2) is 5.78 Å². The van der Waals surface area contributed by atoms with E-state index >= 15 is 0 Å². The molecule has 0 fully saturated rings. The van der Waals surface area contributed by atoms with Crippen molar-refractivity contribution in [2.45, 2.75) is 171 Å². The molecule has 0 unspecified atom stereocenters. The minimum absolute atomic E-state index is 0.218. The molecule has 1 heteroatoms. The number of rotatable bonds is 5. The fourth-order valence-corrected chi connectivity index (χ4v) is 6.14. The minimum atomic E-state index is 0.218. The van der Waals surface area contributed by atoms with Crippen molar-refractivity contribution in [3.8, 4) is 11.8 Å². The van der Waals surface area contributed by atoms with Gasteiger partial charge in [0.05, 0.1) is 0 Å². The molecule has 0 aliphatic heterocycles. The molecular weight excluding hydrogens is 617 g/mol. The Balaban J connectivity index is 0. The topological polar surface area (TPSA) is 17.1 Å². The van der Waals surface area contributed by atoms with Crippen molar-refractivity contribution in [2.75, 3.05) is 0 Å². The largest absolute Gasteiger partial charge is 0.289 e. The molecule has 0 aromatic heterocycles. The highest BCUT2D eigenvalue weighted by atomic mass is 16.1. The third kappa shape index (κ3) is 13.5. The maximum atomic E-state index is 12.0. The van der Waals surface area contributed by atoms with Crippen LogP contribution in [0, 0.1) is 74.2 Å². The van der Waals surface area contributed by atoms with Crippen molar-refractivity contribution in [2.24, 2.45) is 0 Å². The molecule has 3 aromatic carbocycles. The molecule has 3 aromatic rings. The Kier molecular flexibility index (Phi) is 24.6. The van der Waals surface area contributed by atoms with E-state index in [9.17, 15) is 4.79 Å². The first-order chi connectivity index (χ1) is 24.1. The molecule has 4 rings (SSSR count). The molecule has 0 amide bonds. The third-order valence-electron chi connectivity index (χ3n) is 9.88. The first-order valence-corrected chi connectivity index (χ1v) is 19.6. The zero-order valence-corrected chi connectivity index (χ0v) is 37.1. The molecular formula is C50H76O. The number of aryl methyl sites for hydroxylation is 5. The van der Waals surface area contributed by atoms with E-state index in [0.717, 1.165) is 30.4 Å². The van der Waals surface area contributed by atoms with Gasteiger partial charge in [0.2, 0.25) is 0 Å². The Morgan fingerprint density at radius 3 is 1.27 bits per heavy atom. The van der Waals surface area contributed by atoms with E-state index in [4.69, 9.17) is 0 Å². The average Bonchev–Trinajstić information content (AvgIpc) is 3.31. The number of carbonyl (C=O) groups excluding carboxylic acids is 1. The van der Waals surface area contributed by atoms with E-state index < -0.39 is 0 Å². The van der Waals surface area contributed by atoms with Crippen molar-refractivity contribution in [1.29, 1.82) is 0 Å². The normalized spacial score (nSPS) is 11.3. The lowest BCUT2D eigenvalue weighted by molar-refractivity contribution is -0.112. The van der Waals surface area contributed by atoms with Gasteiger partial charge in [-0.3, -0.25) is 4.79 Å². The van der Waals surface area contributed by atoms with Crippen molar-refractivity contribution in [3.05, 3.63) is 125 Å².